The molecule has 0 saturated carbocycles. The van der Waals surface area contributed by atoms with E-state index in [1.54, 1.807) is 17.5 Å². The first-order valence-corrected chi connectivity index (χ1v) is 11.4. The van der Waals surface area contributed by atoms with Gasteiger partial charge in [-0.1, -0.05) is 12.1 Å². The molecule has 38 heavy (non-hydrogen) atoms. The maximum Gasteiger partial charge on any atom is 0.490 e. The molecule has 1 aliphatic heterocycles. The molecule has 208 valence electrons. The molecule has 0 radical (unpaired) electrons. The highest BCUT2D eigenvalue weighted by atomic mass is 32.1. The zero-order chi connectivity index (χ0) is 28.3. The van der Waals surface area contributed by atoms with E-state index >= 15 is 0 Å². The van der Waals surface area contributed by atoms with E-state index in [0.29, 0.717) is 13.2 Å². The fourth-order valence-electron chi connectivity index (χ4n) is 2.88. The Morgan fingerprint density at radius 3 is 2.16 bits per heavy atom. The second kappa shape index (κ2) is 13.8. The maximum absolute atomic E-state index is 10.6. The van der Waals surface area contributed by atoms with E-state index in [4.69, 9.17) is 24.5 Å². The molecule has 0 bridgehead atoms. The number of alkyl halides is 6. The molecule has 4 rings (SSSR count). The number of hydrogen-bond donors (Lipinski definition) is 2. The Morgan fingerprint density at radius 2 is 1.63 bits per heavy atom. The lowest BCUT2D eigenvalue weighted by atomic mass is 10.3. The van der Waals surface area contributed by atoms with Crippen LogP contribution in [-0.2, 0) is 47.2 Å². The quantitative estimate of drug-likeness (QED) is 0.427. The average molecular weight is 569 g/mol. The summed E-state index contributed by atoms with van der Waals surface area (Å²) in [6.45, 7) is 4.77. The summed E-state index contributed by atoms with van der Waals surface area (Å²) in [4.78, 5) is 25.7. The average Bonchev–Trinajstić information content (AvgIpc) is 3.49. The van der Waals surface area contributed by atoms with Crippen LogP contribution in [0.25, 0.3) is 0 Å². The highest BCUT2D eigenvalue weighted by Crippen LogP contribution is 2.18. The second-order valence-corrected chi connectivity index (χ2v) is 8.47. The van der Waals surface area contributed by atoms with Crippen molar-refractivity contribution in [2.24, 2.45) is 0 Å². The third-order valence-corrected chi connectivity index (χ3v) is 5.44. The van der Waals surface area contributed by atoms with Crippen LogP contribution in [0.1, 0.15) is 22.1 Å². The molecule has 0 amide bonds. The first kappa shape index (κ1) is 30.7. The van der Waals surface area contributed by atoms with Crippen molar-refractivity contribution in [3.8, 4) is 0 Å². The van der Waals surface area contributed by atoms with E-state index in [9.17, 15) is 26.3 Å². The van der Waals surface area contributed by atoms with Crippen LogP contribution in [0.4, 0.5) is 26.3 Å². The summed E-state index contributed by atoms with van der Waals surface area (Å²) in [6.07, 6.45) is -6.58. The predicted octanol–water partition coefficient (Wildman–Crippen LogP) is 3.73. The summed E-state index contributed by atoms with van der Waals surface area (Å²) >= 11 is 1.80. The van der Waals surface area contributed by atoms with Crippen molar-refractivity contribution in [1.82, 2.24) is 24.6 Å². The van der Waals surface area contributed by atoms with Crippen LogP contribution in [-0.4, -0.2) is 65.7 Å². The van der Waals surface area contributed by atoms with Crippen LogP contribution in [0.15, 0.2) is 42.0 Å². The molecular weight excluding hydrogens is 548 g/mol. The molecule has 0 atom stereocenters. The highest BCUT2D eigenvalue weighted by Gasteiger charge is 2.38. The number of fused-ring (bicyclic) bond motifs is 1. The summed E-state index contributed by atoms with van der Waals surface area (Å²) in [6, 6.07) is 8.21. The lowest BCUT2D eigenvalue weighted by molar-refractivity contribution is -0.193. The van der Waals surface area contributed by atoms with Gasteiger partial charge in [0.1, 0.15) is 12.4 Å². The third-order valence-electron chi connectivity index (χ3n) is 4.58. The number of halogens is 6. The molecule has 3 aromatic rings. The van der Waals surface area contributed by atoms with Crippen molar-refractivity contribution in [1.29, 1.82) is 0 Å². The number of pyridine rings is 1. The smallest absolute Gasteiger partial charge is 0.475 e. The van der Waals surface area contributed by atoms with E-state index in [-0.39, 0.29) is 0 Å². The molecule has 4 heterocycles. The molecule has 2 N–H and O–H groups in total. The van der Waals surface area contributed by atoms with Crippen LogP contribution < -0.4 is 0 Å². The summed E-state index contributed by atoms with van der Waals surface area (Å²) in [5, 5.41) is 25.0. The monoisotopic (exact) mass is 569 g/mol. The van der Waals surface area contributed by atoms with Crippen molar-refractivity contribution in [2.75, 3.05) is 6.54 Å². The second-order valence-electron chi connectivity index (χ2n) is 7.43. The van der Waals surface area contributed by atoms with Gasteiger partial charge in [-0.3, -0.25) is 9.88 Å². The highest BCUT2D eigenvalue weighted by molar-refractivity contribution is 7.09. The van der Waals surface area contributed by atoms with Gasteiger partial charge in [0.25, 0.3) is 0 Å². The minimum absolute atomic E-state index is 0.479. The van der Waals surface area contributed by atoms with Gasteiger partial charge in [0.2, 0.25) is 0 Å². The number of aliphatic carboxylic acids is 2. The van der Waals surface area contributed by atoms with Crippen LogP contribution in [0, 0.1) is 0 Å². The van der Waals surface area contributed by atoms with Gasteiger partial charge >= 0.3 is 24.3 Å². The normalized spacial score (nSPS) is 13.4. The number of carboxylic acids is 2. The molecule has 0 fully saturated rings. The van der Waals surface area contributed by atoms with Gasteiger partial charge in [0, 0.05) is 36.9 Å². The van der Waals surface area contributed by atoms with Crippen molar-refractivity contribution in [2.45, 2.75) is 45.2 Å². The zero-order valence-electron chi connectivity index (χ0n) is 19.3. The van der Waals surface area contributed by atoms with E-state index < -0.39 is 24.3 Å². The first-order chi connectivity index (χ1) is 17.8. The molecule has 3 aromatic heterocycles. The van der Waals surface area contributed by atoms with Gasteiger partial charge in [0.05, 0.1) is 13.2 Å². The topological polar surface area (TPSA) is 131 Å². The Hall–Kier alpha value is -3.57. The largest absolute Gasteiger partial charge is 0.490 e. The molecule has 10 nitrogen and oxygen atoms in total. The molecule has 17 heteroatoms. The number of ether oxygens (including phenoxy) is 1. The number of carboxylic acid groups (broad SMARTS) is 2. The van der Waals surface area contributed by atoms with Gasteiger partial charge in [0.15, 0.2) is 5.82 Å². The molecule has 1 aliphatic rings. The predicted molar refractivity (Wildman–Crippen MR) is 119 cm³/mol. The van der Waals surface area contributed by atoms with Crippen LogP contribution in [0.3, 0.4) is 0 Å². The van der Waals surface area contributed by atoms with Crippen molar-refractivity contribution in [3.05, 3.63) is 64.1 Å². The molecule has 0 saturated heterocycles. The Morgan fingerprint density at radius 1 is 0.974 bits per heavy atom. The Labute approximate surface area is 215 Å². The number of rotatable bonds is 6. The maximum atomic E-state index is 10.6. The van der Waals surface area contributed by atoms with Crippen LogP contribution in [0.2, 0.25) is 0 Å². The third kappa shape index (κ3) is 10.4. The van der Waals surface area contributed by atoms with Crippen molar-refractivity contribution >= 4 is 23.3 Å². The number of thiophene rings is 1. The summed E-state index contributed by atoms with van der Waals surface area (Å²) in [5.74, 6) is -3.58. The summed E-state index contributed by atoms with van der Waals surface area (Å²) in [5.41, 5.74) is 1.07. The number of aromatic nitrogens is 4. The Balaban J connectivity index is 0.000000301. The molecule has 0 aliphatic carbocycles. The minimum Gasteiger partial charge on any atom is -0.475 e. The summed E-state index contributed by atoms with van der Waals surface area (Å²) < 4.78 is 71.4. The zero-order valence-corrected chi connectivity index (χ0v) is 20.1. The van der Waals surface area contributed by atoms with Gasteiger partial charge in [-0.15, -0.1) is 21.5 Å². The molecule has 0 spiro atoms. The van der Waals surface area contributed by atoms with Gasteiger partial charge in [-0.2, -0.15) is 26.3 Å². The number of nitrogens with zero attached hydrogens (tertiary/aromatic N) is 5. The molecule has 0 aromatic carbocycles. The van der Waals surface area contributed by atoms with Crippen LogP contribution in [0.5, 0.6) is 0 Å². The fraction of sp³-hybridized carbons (Fsp3) is 0.381. The van der Waals surface area contributed by atoms with E-state index in [1.807, 2.05) is 18.3 Å². The number of hydrogen-bond acceptors (Lipinski definition) is 8. The van der Waals surface area contributed by atoms with E-state index in [1.165, 1.54) is 4.88 Å². The van der Waals surface area contributed by atoms with Crippen molar-refractivity contribution < 1.29 is 50.9 Å². The fourth-order valence-corrected chi connectivity index (χ4v) is 3.62. The van der Waals surface area contributed by atoms with E-state index in [2.05, 4.69) is 42.2 Å². The Bertz CT molecular complexity index is 1130. The SMILES string of the molecule is O=C(O)C(F)(F)F.O=C(O)C(F)(F)F.c1cncc(COCc2nnc3n2CCN(Cc2cccs2)C3)c1. The Kier molecular flexibility index (Phi) is 11.2. The lowest BCUT2D eigenvalue weighted by Crippen LogP contribution is -2.33. The van der Waals surface area contributed by atoms with Gasteiger partial charge in [-0.05, 0) is 23.1 Å². The van der Waals surface area contributed by atoms with Gasteiger partial charge in [-0.25, -0.2) is 9.59 Å². The standard InChI is InChI=1S/C17H19N5OS.2C2HF3O2/c1-3-14(9-18-5-1)12-23-13-17-20-19-16-11-21(6-7-22(16)17)10-15-4-2-8-24-15;2*3-2(4,5)1(6)7/h1-5,8-9H,6-7,10-13H2;2*(H,6,7). The van der Waals surface area contributed by atoms with Crippen molar-refractivity contribution in [3.63, 3.8) is 0 Å². The lowest BCUT2D eigenvalue weighted by Gasteiger charge is -2.27. The van der Waals surface area contributed by atoms with Crippen LogP contribution >= 0.6 is 11.3 Å². The number of carbonyl (C=O) groups is 2. The minimum atomic E-state index is -5.08. The molecule has 0 unspecified atom stereocenters. The van der Waals surface area contributed by atoms with Gasteiger partial charge < -0.3 is 19.5 Å². The molecular formula is C21H21F6N5O5S. The summed E-state index contributed by atoms with van der Waals surface area (Å²) in [7, 11) is 0. The van der Waals surface area contributed by atoms with E-state index in [0.717, 1.165) is 43.4 Å². The first-order valence-electron chi connectivity index (χ1n) is 10.5.